The van der Waals surface area contributed by atoms with Crippen molar-refractivity contribution in [3.05, 3.63) is 41.7 Å². The lowest BCUT2D eigenvalue weighted by molar-refractivity contribution is -0.145. The summed E-state index contributed by atoms with van der Waals surface area (Å²) in [5.74, 6) is -0.325. The van der Waals surface area contributed by atoms with Crippen LogP contribution in [0.4, 0.5) is 5.95 Å². The number of aromatic nitrogens is 3. The van der Waals surface area contributed by atoms with E-state index in [1.54, 1.807) is 24.3 Å². The van der Waals surface area contributed by atoms with E-state index in [0.29, 0.717) is 5.56 Å². The number of benzene rings is 1. The number of nitrogen functional groups attached to an aromatic ring is 1. The Balaban J connectivity index is 1.84. The quantitative estimate of drug-likeness (QED) is 0.798. The van der Waals surface area contributed by atoms with Gasteiger partial charge in [0.25, 0.3) is 0 Å². The van der Waals surface area contributed by atoms with Gasteiger partial charge in [-0.05, 0) is 17.7 Å². The van der Waals surface area contributed by atoms with Crippen LogP contribution in [0.15, 0.2) is 30.6 Å². The van der Waals surface area contributed by atoms with E-state index in [0.717, 1.165) is 5.56 Å². The smallest absolute Gasteiger partial charge is 0.328 e. The van der Waals surface area contributed by atoms with Crippen LogP contribution in [0.25, 0.3) is 0 Å². The van der Waals surface area contributed by atoms with Crippen LogP contribution in [0.1, 0.15) is 11.1 Å². The van der Waals surface area contributed by atoms with Gasteiger partial charge in [0, 0.05) is 0 Å². The van der Waals surface area contributed by atoms with Crippen molar-refractivity contribution in [1.29, 1.82) is 5.26 Å². The topological polar surface area (TPSA) is 107 Å². The molecule has 7 heteroatoms. The minimum Gasteiger partial charge on any atom is -0.459 e. The molecule has 1 aromatic carbocycles. The Labute approximate surface area is 109 Å². The van der Waals surface area contributed by atoms with Gasteiger partial charge < -0.3 is 10.5 Å². The number of carbonyl (C=O) groups excluding carboxylic acids is 1. The second-order valence-electron chi connectivity index (χ2n) is 3.77. The second-order valence-corrected chi connectivity index (χ2v) is 3.77. The predicted molar refractivity (Wildman–Crippen MR) is 65.4 cm³/mol. The Morgan fingerprint density at radius 3 is 2.74 bits per heavy atom. The maximum Gasteiger partial charge on any atom is 0.328 e. The first-order valence-corrected chi connectivity index (χ1v) is 5.47. The number of ether oxygens (including phenoxy) is 1. The van der Waals surface area contributed by atoms with E-state index in [1.807, 2.05) is 6.07 Å². The van der Waals surface area contributed by atoms with Gasteiger partial charge >= 0.3 is 5.97 Å². The molecule has 0 atom stereocenters. The van der Waals surface area contributed by atoms with Crippen LogP contribution in [0, 0.1) is 11.3 Å². The van der Waals surface area contributed by atoms with Gasteiger partial charge in [-0.15, -0.1) is 5.10 Å². The maximum atomic E-state index is 11.5. The summed E-state index contributed by atoms with van der Waals surface area (Å²) in [6.45, 7) is 0.106. The Morgan fingerprint density at radius 2 is 2.16 bits per heavy atom. The lowest BCUT2D eigenvalue weighted by atomic mass is 10.2. The van der Waals surface area contributed by atoms with Crippen LogP contribution in [-0.2, 0) is 22.7 Å². The monoisotopic (exact) mass is 257 g/mol. The molecule has 96 valence electrons. The molecule has 7 nitrogen and oxygen atoms in total. The molecule has 0 spiro atoms. The minimum atomic E-state index is -0.436. The van der Waals surface area contributed by atoms with Gasteiger partial charge in [0.05, 0.1) is 11.6 Å². The Bertz CT molecular complexity index is 612. The van der Waals surface area contributed by atoms with E-state index in [2.05, 4.69) is 10.1 Å². The van der Waals surface area contributed by atoms with E-state index in [-0.39, 0.29) is 19.1 Å². The van der Waals surface area contributed by atoms with Crippen molar-refractivity contribution in [2.45, 2.75) is 13.2 Å². The largest absolute Gasteiger partial charge is 0.459 e. The second kappa shape index (κ2) is 5.64. The van der Waals surface area contributed by atoms with E-state index in [4.69, 9.17) is 15.7 Å². The highest BCUT2D eigenvalue weighted by atomic mass is 16.5. The van der Waals surface area contributed by atoms with E-state index < -0.39 is 5.97 Å². The molecule has 0 bridgehead atoms. The number of hydrogen-bond acceptors (Lipinski definition) is 6. The first-order chi connectivity index (χ1) is 9.17. The maximum absolute atomic E-state index is 11.5. The zero-order chi connectivity index (χ0) is 13.7. The molecule has 0 aliphatic rings. The minimum absolute atomic E-state index is 0.0412. The van der Waals surface area contributed by atoms with Crippen LogP contribution < -0.4 is 5.73 Å². The third-order valence-electron chi connectivity index (χ3n) is 2.33. The number of nitrogens with two attached hydrogens (primary N) is 1. The lowest BCUT2D eigenvalue weighted by Gasteiger charge is -2.04. The van der Waals surface area contributed by atoms with Gasteiger partial charge in [-0.1, -0.05) is 12.1 Å². The molecule has 2 N–H and O–H groups in total. The third kappa shape index (κ3) is 3.54. The van der Waals surface area contributed by atoms with Crippen LogP contribution >= 0.6 is 0 Å². The molecular weight excluding hydrogens is 246 g/mol. The fourth-order valence-corrected chi connectivity index (χ4v) is 1.40. The van der Waals surface area contributed by atoms with Crippen molar-refractivity contribution in [2.24, 2.45) is 0 Å². The fraction of sp³-hybridized carbons (Fsp3) is 0.167. The number of nitriles is 1. The average molecular weight is 257 g/mol. The Morgan fingerprint density at radius 1 is 1.42 bits per heavy atom. The molecular formula is C12H11N5O2. The molecule has 2 aromatic rings. The number of esters is 1. The third-order valence-corrected chi connectivity index (χ3v) is 2.33. The number of carbonyl (C=O) groups is 1. The predicted octanol–water partition coefficient (Wildman–Crippen LogP) is 0.475. The number of hydrogen-bond donors (Lipinski definition) is 1. The normalized spacial score (nSPS) is 9.84. The lowest BCUT2D eigenvalue weighted by Crippen LogP contribution is -2.14. The van der Waals surface area contributed by atoms with Crippen molar-refractivity contribution >= 4 is 11.9 Å². The molecule has 0 saturated carbocycles. The van der Waals surface area contributed by atoms with Gasteiger partial charge in [0.15, 0.2) is 0 Å². The van der Waals surface area contributed by atoms with Crippen LogP contribution in [0.2, 0.25) is 0 Å². The summed E-state index contributed by atoms with van der Waals surface area (Å²) in [6, 6.07) is 8.82. The summed E-state index contributed by atoms with van der Waals surface area (Å²) < 4.78 is 6.37. The van der Waals surface area contributed by atoms with Crippen LogP contribution in [-0.4, -0.2) is 20.7 Å². The average Bonchev–Trinajstić information content (AvgIpc) is 2.82. The molecule has 19 heavy (non-hydrogen) atoms. The zero-order valence-electron chi connectivity index (χ0n) is 9.98. The highest BCUT2D eigenvalue weighted by Crippen LogP contribution is 2.05. The van der Waals surface area contributed by atoms with Crippen molar-refractivity contribution in [1.82, 2.24) is 14.8 Å². The zero-order valence-corrected chi connectivity index (χ0v) is 9.98. The number of rotatable bonds is 4. The van der Waals surface area contributed by atoms with Gasteiger partial charge in [0.2, 0.25) is 5.95 Å². The molecule has 0 fully saturated rings. The van der Waals surface area contributed by atoms with E-state index >= 15 is 0 Å². The SMILES string of the molecule is N#Cc1ccc(COC(=O)Cn2cnc(N)n2)cc1. The molecule has 0 unspecified atom stereocenters. The van der Waals surface area contributed by atoms with Crippen molar-refractivity contribution < 1.29 is 9.53 Å². The van der Waals surface area contributed by atoms with Gasteiger partial charge in [0.1, 0.15) is 19.5 Å². The summed E-state index contributed by atoms with van der Waals surface area (Å²) in [7, 11) is 0. The molecule has 0 aliphatic carbocycles. The Hall–Kier alpha value is -2.88. The molecule has 0 radical (unpaired) electrons. The van der Waals surface area contributed by atoms with Crippen LogP contribution in [0.3, 0.4) is 0 Å². The summed E-state index contributed by atoms with van der Waals surface area (Å²) in [6.07, 6.45) is 1.36. The van der Waals surface area contributed by atoms with Crippen molar-refractivity contribution in [2.75, 3.05) is 5.73 Å². The van der Waals surface area contributed by atoms with E-state index in [9.17, 15) is 4.79 Å². The molecule has 2 rings (SSSR count). The van der Waals surface area contributed by atoms with Crippen molar-refractivity contribution in [3.8, 4) is 6.07 Å². The van der Waals surface area contributed by atoms with Gasteiger partial charge in [-0.25, -0.2) is 9.67 Å². The van der Waals surface area contributed by atoms with Gasteiger partial charge in [-0.2, -0.15) is 5.26 Å². The first kappa shape index (κ1) is 12.6. The standard InChI is InChI=1S/C12H11N5O2/c13-5-9-1-3-10(4-2-9)7-19-11(18)6-17-8-15-12(14)16-17/h1-4,8H,6-7H2,(H2,14,16). The summed E-state index contributed by atoms with van der Waals surface area (Å²) >= 11 is 0. The van der Waals surface area contributed by atoms with Gasteiger partial charge in [-0.3, -0.25) is 4.79 Å². The summed E-state index contributed by atoms with van der Waals surface area (Å²) in [5.41, 5.74) is 6.70. The molecule has 1 heterocycles. The highest BCUT2D eigenvalue weighted by molar-refractivity contribution is 5.69. The van der Waals surface area contributed by atoms with E-state index in [1.165, 1.54) is 11.0 Å². The summed E-state index contributed by atoms with van der Waals surface area (Å²) in [5, 5.41) is 12.4. The molecule has 1 aromatic heterocycles. The fourth-order valence-electron chi connectivity index (χ4n) is 1.40. The van der Waals surface area contributed by atoms with Crippen molar-refractivity contribution in [3.63, 3.8) is 0 Å². The molecule has 0 amide bonds. The Kier molecular flexibility index (Phi) is 3.73. The first-order valence-electron chi connectivity index (χ1n) is 5.47. The summed E-state index contributed by atoms with van der Waals surface area (Å²) in [4.78, 5) is 15.2. The highest BCUT2D eigenvalue weighted by Gasteiger charge is 2.06. The number of anilines is 1. The molecule has 0 saturated heterocycles. The van der Waals surface area contributed by atoms with Crippen LogP contribution in [0.5, 0.6) is 0 Å². The number of nitrogens with zero attached hydrogens (tertiary/aromatic N) is 4. The molecule has 0 aliphatic heterocycles.